The highest BCUT2D eigenvalue weighted by molar-refractivity contribution is 9.10. The van der Waals surface area contributed by atoms with Gasteiger partial charge >= 0.3 is 0 Å². The van der Waals surface area contributed by atoms with Gasteiger partial charge in [0.05, 0.1) is 5.69 Å². The molecule has 3 nitrogen and oxygen atoms in total. The molecule has 0 aliphatic heterocycles. The van der Waals surface area contributed by atoms with Crippen LogP contribution in [0.2, 0.25) is 0 Å². The summed E-state index contributed by atoms with van der Waals surface area (Å²) >= 11 is 3.44. The summed E-state index contributed by atoms with van der Waals surface area (Å²) < 4.78 is 0.906. The Kier molecular flexibility index (Phi) is 3.14. The zero-order valence-electron chi connectivity index (χ0n) is 8.32. The molecule has 0 bridgehead atoms. The minimum absolute atomic E-state index is 0.0959. The van der Waals surface area contributed by atoms with Crippen LogP contribution in [0.15, 0.2) is 4.60 Å². The Hall–Kier alpha value is -0.350. The van der Waals surface area contributed by atoms with Crippen molar-refractivity contribution in [3.05, 3.63) is 16.1 Å². The van der Waals surface area contributed by atoms with Gasteiger partial charge in [-0.25, -0.2) is 4.98 Å². The van der Waals surface area contributed by atoms with Gasteiger partial charge in [-0.1, -0.05) is 20.8 Å². The molecule has 0 saturated carbocycles. The van der Waals surface area contributed by atoms with Gasteiger partial charge in [0.2, 0.25) is 0 Å². The maximum atomic E-state index is 5.45. The SMILES string of the molecule is CC(C)(C)c1[nH]c(CCN)nc1Br. The maximum absolute atomic E-state index is 5.45. The molecule has 0 saturated heterocycles. The molecule has 1 heterocycles. The average molecular weight is 246 g/mol. The van der Waals surface area contributed by atoms with Crippen LogP contribution in [0.25, 0.3) is 0 Å². The second-order valence-electron chi connectivity index (χ2n) is 4.14. The van der Waals surface area contributed by atoms with E-state index in [1.54, 1.807) is 0 Å². The number of hydrogen-bond donors (Lipinski definition) is 2. The van der Waals surface area contributed by atoms with Crippen molar-refractivity contribution in [1.82, 2.24) is 9.97 Å². The Morgan fingerprint density at radius 1 is 1.46 bits per heavy atom. The van der Waals surface area contributed by atoms with Crippen LogP contribution in [0.3, 0.4) is 0 Å². The van der Waals surface area contributed by atoms with Crippen molar-refractivity contribution in [2.24, 2.45) is 5.73 Å². The molecule has 0 fully saturated rings. The Morgan fingerprint density at radius 3 is 2.46 bits per heavy atom. The summed E-state index contributed by atoms with van der Waals surface area (Å²) in [5.41, 5.74) is 6.68. The molecule has 1 rings (SSSR count). The number of nitrogens with two attached hydrogens (primary N) is 1. The van der Waals surface area contributed by atoms with E-state index in [4.69, 9.17) is 5.73 Å². The van der Waals surface area contributed by atoms with Crippen LogP contribution < -0.4 is 5.73 Å². The van der Waals surface area contributed by atoms with E-state index in [9.17, 15) is 0 Å². The van der Waals surface area contributed by atoms with Gasteiger partial charge in [-0.05, 0) is 22.5 Å². The fourth-order valence-corrected chi connectivity index (χ4v) is 2.06. The van der Waals surface area contributed by atoms with Gasteiger partial charge < -0.3 is 10.7 Å². The molecule has 0 aromatic carbocycles. The maximum Gasteiger partial charge on any atom is 0.127 e. The average Bonchev–Trinajstić information content (AvgIpc) is 2.30. The van der Waals surface area contributed by atoms with Gasteiger partial charge in [0.25, 0.3) is 0 Å². The Morgan fingerprint density at radius 2 is 2.08 bits per heavy atom. The number of nitrogens with zero attached hydrogens (tertiary/aromatic N) is 1. The zero-order valence-corrected chi connectivity index (χ0v) is 9.90. The summed E-state index contributed by atoms with van der Waals surface area (Å²) in [4.78, 5) is 7.63. The van der Waals surface area contributed by atoms with Crippen molar-refractivity contribution in [1.29, 1.82) is 0 Å². The normalized spacial score (nSPS) is 12.1. The number of imidazole rings is 1. The van der Waals surface area contributed by atoms with E-state index in [0.717, 1.165) is 22.5 Å². The van der Waals surface area contributed by atoms with Crippen LogP contribution in [-0.4, -0.2) is 16.5 Å². The zero-order chi connectivity index (χ0) is 10.1. The number of aromatic amines is 1. The summed E-state index contributed by atoms with van der Waals surface area (Å²) in [5.74, 6) is 0.958. The van der Waals surface area contributed by atoms with E-state index in [0.29, 0.717) is 6.54 Å². The third-order valence-electron chi connectivity index (χ3n) is 1.84. The fraction of sp³-hybridized carbons (Fsp3) is 0.667. The van der Waals surface area contributed by atoms with Gasteiger partial charge in [-0.2, -0.15) is 0 Å². The molecule has 0 aliphatic rings. The first kappa shape index (κ1) is 10.7. The molecule has 3 N–H and O–H groups in total. The van der Waals surface area contributed by atoms with Crippen molar-refractivity contribution in [3.63, 3.8) is 0 Å². The number of aromatic nitrogens is 2. The van der Waals surface area contributed by atoms with E-state index >= 15 is 0 Å². The summed E-state index contributed by atoms with van der Waals surface area (Å²) in [6.07, 6.45) is 0.800. The highest BCUT2D eigenvalue weighted by Gasteiger charge is 2.20. The Bertz CT molecular complexity index is 286. The van der Waals surface area contributed by atoms with Crippen molar-refractivity contribution < 1.29 is 0 Å². The topological polar surface area (TPSA) is 54.7 Å². The van der Waals surface area contributed by atoms with Crippen molar-refractivity contribution >= 4 is 15.9 Å². The molecule has 0 aliphatic carbocycles. The number of nitrogens with one attached hydrogen (secondary N) is 1. The van der Waals surface area contributed by atoms with Crippen LogP contribution >= 0.6 is 15.9 Å². The summed E-state index contributed by atoms with van der Waals surface area (Å²) in [6.45, 7) is 7.08. The lowest BCUT2D eigenvalue weighted by molar-refractivity contribution is 0.567. The van der Waals surface area contributed by atoms with Crippen molar-refractivity contribution in [3.8, 4) is 0 Å². The lowest BCUT2D eigenvalue weighted by Crippen LogP contribution is -2.12. The quantitative estimate of drug-likeness (QED) is 0.838. The molecule has 1 aromatic rings. The van der Waals surface area contributed by atoms with Crippen molar-refractivity contribution in [2.75, 3.05) is 6.54 Å². The Labute approximate surface area is 87.3 Å². The fourth-order valence-electron chi connectivity index (χ4n) is 1.15. The Balaban J connectivity index is 2.96. The van der Waals surface area contributed by atoms with E-state index in [1.807, 2.05) is 0 Å². The third-order valence-corrected chi connectivity index (χ3v) is 2.41. The lowest BCUT2D eigenvalue weighted by Gasteiger charge is -2.16. The molecule has 74 valence electrons. The molecule has 0 spiro atoms. The van der Waals surface area contributed by atoms with Crippen LogP contribution in [-0.2, 0) is 11.8 Å². The van der Waals surface area contributed by atoms with Gasteiger partial charge in [-0.3, -0.25) is 0 Å². The van der Waals surface area contributed by atoms with Crippen molar-refractivity contribution in [2.45, 2.75) is 32.6 Å². The predicted molar refractivity (Wildman–Crippen MR) is 57.7 cm³/mol. The molecular formula is C9H16BrN3. The lowest BCUT2D eigenvalue weighted by atomic mass is 9.93. The second-order valence-corrected chi connectivity index (χ2v) is 4.89. The molecule has 4 heteroatoms. The summed E-state index contributed by atoms with van der Waals surface area (Å²) in [6, 6.07) is 0. The van der Waals surface area contributed by atoms with Gasteiger partial charge in [0, 0.05) is 11.8 Å². The first-order valence-corrected chi connectivity index (χ1v) is 5.19. The number of halogens is 1. The molecule has 0 unspecified atom stereocenters. The first-order valence-electron chi connectivity index (χ1n) is 4.40. The number of rotatable bonds is 2. The third kappa shape index (κ3) is 2.54. The summed E-state index contributed by atoms with van der Waals surface area (Å²) in [5, 5.41) is 0. The molecule has 0 amide bonds. The molecule has 1 aromatic heterocycles. The largest absolute Gasteiger partial charge is 0.344 e. The van der Waals surface area contributed by atoms with Gasteiger partial charge in [-0.15, -0.1) is 0 Å². The molecule has 13 heavy (non-hydrogen) atoms. The molecule has 0 radical (unpaired) electrons. The predicted octanol–water partition coefficient (Wildman–Crippen LogP) is 1.97. The highest BCUT2D eigenvalue weighted by Crippen LogP contribution is 2.27. The van der Waals surface area contributed by atoms with Gasteiger partial charge in [0.15, 0.2) is 0 Å². The first-order chi connectivity index (χ1) is 5.95. The van der Waals surface area contributed by atoms with Gasteiger partial charge in [0.1, 0.15) is 10.4 Å². The number of H-pyrrole nitrogens is 1. The minimum atomic E-state index is 0.0959. The van der Waals surface area contributed by atoms with Crippen LogP contribution in [0.4, 0.5) is 0 Å². The molecular weight excluding hydrogens is 230 g/mol. The number of hydrogen-bond acceptors (Lipinski definition) is 2. The van der Waals surface area contributed by atoms with E-state index in [1.165, 1.54) is 0 Å². The van der Waals surface area contributed by atoms with Crippen LogP contribution in [0, 0.1) is 0 Å². The second kappa shape index (κ2) is 3.80. The van der Waals surface area contributed by atoms with E-state index in [-0.39, 0.29) is 5.41 Å². The summed E-state index contributed by atoms with van der Waals surface area (Å²) in [7, 11) is 0. The van der Waals surface area contributed by atoms with E-state index in [2.05, 4.69) is 46.7 Å². The highest BCUT2D eigenvalue weighted by atomic mass is 79.9. The molecule has 0 atom stereocenters. The standard InChI is InChI=1S/C9H16BrN3/c1-9(2,3)7-8(10)13-6(12-7)4-5-11/h4-5,11H2,1-3H3,(H,12,13). The minimum Gasteiger partial charge on any atom is -0.344 e. The smallest absolute Gasteiger partial charge is 0.127 e. The van der Waals surface area contributed by atoms with Crippen LogP contribution in [0.1, 0.15) is 32.3 Å². The van der Waals surface area contributed by atoms with E-state index < -0.39 is 0 Å². The monoisotopic (exact) mass is 245 g/mol. The van der Waals surface area contributed by atoms with Crippen LogP contribution in [0.5, 0.6) is 0 Å².